The van der Waals surface area contributed by atoms with Crippen LogP contribution in [-0.2, 0) is 6.42 Å². The highest BCUT2D eigenvalue weighted by Crippen LogP contribution is 2.21. The Hall–Kier alpha value is -3.14. The predicted octanol–water partition coefficient (Wildman–Crippen LogP) is 3.96. The van der Waals surface area contributed by atoms with E-state index in [-0.39, 0.29) is 17.5 Å². The molecule has 116 valence electrons. The first-order valence-electron chi connectivity index (χ1n) is 6.93. The van der Waals surface area contributed by atoms with Crippen LogP contribution in [0.5, 0.6) is 0 Å². The number of hydrogen-bond acceptors (Lipinski definition) is 2. The summed E-state index contributed by atoms with van der Waals surface area (Å²) in [5, 5.41) is 18.7. The maximum atomic E-state index is 11.4. The van der Waals surface area contributed by atoms with Crippen LogP contribution >= 0.6 is 0 Å². The van der Waals surface area contributed by atoms with Gasteiger partial charge < -0.3 is 10.2 Å². The molecule has 2 N–H and O–H groups in total. The Morgan fingerprint density at radius 2 is 1.22 bits per heavy atom. The van der Waals surface area contributed by atoms with Gasteiger partial charge in [-0.15, -0.1) is 0 Å². The Morgan fingerprint density at radius 3 is 1.52 bits per heavy atom. The van der Waals surface area contributed by atoms with Crippen molar-refractivity contribution in [2.45, 2.75) is 6.42 Å². The molecule has 0 radical (unpaired) electrons. The van der Waals surface area contributed by atoms with Crippen molar-refractivity contribution < 1.29 is 19.8 Å². The molecule has 0 amide bonds. The van der Waals surface area contributed by atoms with Gasteiger partial charge >= 0.3 is 11.9 Å². The first kappa shape index (κ1) is 16.2. The van der Waals surface area contributed by atoms with Crippen LogP contribution in [0.15, 0.2) is 49.6 Å². The van der Waals surface area contributed by atoms with Gasteiger partial charge in [0.05, 0.1) is 11.1 Å². The average molecular weight is 308 g/mol. The van der Waals surface area contributed by atoms with Gasteiger partial charge in [-0.2, -0.15) is 0 Å². The highest BCUT2D eigenvalue weighted by atomic mass is 16.4. The number of carboxylic acid groups (broad SMARTS) is 2. The molecule has 4 heteroatoms. The number of carboxylic acids is 2. The zero-order valence-corrected chi connectivity index (χ0v) is 12.5. The lowest BCUT2D eigenvalue weighted by Crippen LogP contribution is -2.07. The Labute approximate surface area is 134 Å². The monoisotopic (exact) mass is 308 g/mol. The van der Waals surface area contributed by atoms with E-state index in [0.29, 0.717) is 11.1 Å². The second-order valence-corrected chi connectivity index (χ2v) is 5.03. The van der Waals surface area contributed by atoms with Crippen LogP contribution in [0.4, 0.5) is 0 Å². The molecule has 2 rings (SSSR count). The molecule has 0 bridgehead atoms. The summed E-state index contributed by atoms with van der Waals surface area (Å²) in [6, 6.07) is 9.76. The highest BCUT2D eigenvalue weighted by Gasteiger charge is 2.15. The fraction of sp³-hybridized carbons (Fsp3) is 0.0526. The molecule has 2 aromatic carbocycles. The summed E-state index contributed by atoms with van der Waals surface area (Å²) in [6.07, 6.45) is 3.44. The summed E-state index contributed by atoms with van der Waals surface area (Å²) in [7, 11) is 0. The fourth-order valence-corrected chi connectivity index (χ4v) is 2.40. The van der Waals surface area contributed by atoms with Crippen LogP contribution in [0, 0.1) is 0 Å². The van der Waals surface area contributed by atoms with Crippen LogP contribution in [0.3, 0.4) is 0 Å². The Bertz CT molecular complexity index is 736. The summed E-state index contributed by atoms with van der Waals surface area (Å²) in [4.78, 5) is 22.8. The molecule has 23 heavy (non-hydrogen) atoms. The van der Waals surface area contributed by atoms with E-state index in [2.05, 4.69) is 13.2 Å². The largest absolute Gasteiger partial charge is 0.478 e. The SMILES string of the molecule is C=Cc1ccc(C(=O)O)c(Cc2cc(C=C)ccc2C(=O)O)c1. The minimum absolute atomic E-state index is 0.149. The quantitative estimate of drug-likeness (QED) is 0.847. The van der Waals surface area contributed by atoms with Gasteiger partial charge in [-0.05, 0) is 40.8 Å². The van der Waals surface area contributed by atoms with Crippen molar-refractivity contribution in [3.8, 4) is 0 Å². The van der Waals surface area contributed by atoms with E-state index in [1.807, 2.05) is 0 Å². The van der Waals surface area contributed by atoms with Gasteiger partial charge in [0.2, 0.25) is 0 Å². The van der Waals surface area contributed by atoms with Gasteiger partial charge in [0.25, 0.3) is 0 Å². The molecule has 0 spiro atoms. The fourth-order valence-electron chi connectivity index (χ4n) is 2.40. The predicted molar refractivity (Wildman–Crippen MR) is 89.8 cm³/mol. The van der Waals surface area contributed by atoms with Crippen LogP contribution < -0.4 is 0 Å². The molecule has 0 aromatic heterocycles. The summed E-state index contributed by atoms with van der Waals surface area (Å²) >= 11 is 0. The molecule has 2 aromatic rings. The number of rotatable bonds is 6. The Morgan fingerprint density at radius 1 is 0.826 bits per heavy atom. The molecule has 0 aliphatic heterocycles. The van der Waals surface area contributed by atoms with Crippen molar-refractivity contribution in [1.82, 2.24) is 0 Å². The molecule has 0 atom stereocenters. The van der Waals surface area contributed by atoms with Crippen LogP contribution in [0.25, 0.3) is 12.2 Å². The lowest BCUT2D eigenvalue weighted by molar-refractivity contribution is 0.0686. The molecule has 0 fully saturated rings. The zero-order valence-electron chi connectivity index (χ0n) is 12.5. The van der Waals surface area contributed by atoms with Gasteiger partial charge in [-0.1, -0.05) is 49.6 Å². The Balaban J connectivity index is 2.57. The van der Waals surface area contributed by atoms with E-state index in [9.17, 15) is 19.8 Å². The average Bonchev–Trinajstić information content (AvgIpc) is 2.54. The van der Waals surface area contributed by atoms with E-state index < -0.39 is 11.9 Å². The maximum absolute atomic E-state index is 11.4. The van der Waals surface area contributed by atoms with E-state index >= 15 is 0 Å². The number of carbonyl (C=O) groups is 2. The summed E-state index contributed by atoms with van der Waals surface area (Å²) < 4.78 is 0. The number of benzene rings is 2. The van der Waals surface area contributed by atoms with Crippen LogP contribution in [0.1, 0.15) is 43.0 Å². The Kier molecular flexibility index (Phi) is 4.76. The minimum Gasteiger partial charge on any atom is -0.478 e. The lowest BCUT2D eigenvalue weighted by Gasteiger charge is -2.11. The topological polar surface area (TPSA) is 74.6 Å². The molecule has 0 unspecified atom stereocenters. The third kappa shape index (κ3) is 3.55. The van der Waals surface area contributed by atoms with Crippen LogP contribution in [0.2, 0.25) is 0 Å². The molecule has 0 saturated heterocycles. The van der Waals surface area contributed by atoms with Crippen LogP contribution in [-0.4, -0.2) is 22.2 Å². The van der Waals surface area contributed by atoms with Crippen molar-refractivity contribution in [3.63, 3.8) is 0 Å². The summed E-state index contributed by atoms with van der Waals surface area (Å²) in [5.74, 6) is -2.10. The smallest absolute Gasteiger partial charge is 0.335 e. The van der Waals surface area contributed by atoms with E-state index in [0.717, 1.165) is 11.1 Å². The highest BCUT2D eigenvalue weighted by molar-refractivity contribution is 5.92. The normalized spacial score (nSPS) is 10.1. The minimum atomic E-state index is -1.05. The molecular formula is C19H16O4. The van der Waals surface area contributed by atoms with E-state index in [1.165, 1.54) is 12.1 Å². The molecular weight excluding hydrogens is 292 g/mol. The lowest BCUT2D eigenvalue weighted by atomic mass is 9.93. The molecule has 0 aliphatic carbocycles. The first-order chi connectivity index (χ1) is 11.0. The third-order valence-electron chi connectivity index (χ3n) is 3.57. The molecule has 0 heterocycles. The number of hydrogen-bond donors (Lipinski definition) is 2. The second kappa shape index (κ2) is 6.75. The maximum Gasteiger partial charge on any atom is 0.335 e. The standard InChI is InChI=1S/C19H16O4/c1-3-12-5-7-16(18(20)21)14(9-12)11-15-10-13(4-2)6-8-17(15)19(22)23/h3-10H,1-2,11H2,(H,20,21)(H,22,23). The molecule has 4 nitrogen and oxygen atoms in total. The summed E-state index contributed by atoms with van der Waals surface area (Å²) in [6.45, 7) is 7.34. The molecule has 0 saturated carbocycles. The number of aromatic carboxylic acids is 2. The zero-order chi connectivity index (χ0) is 17.0. The van der Waals surface area contributed by atoms with Gasteiger partial charge in [0, 0.05) is 0 Å². The van der Waals surface area contributed by atoms with Gasteiger partial charge in [0.1, 0.15) is 0 Å². The third-order valence-corrected chi connectivity index (χ3v) is 3.57. The van der Waals surface area contributed by atoms with Crippen molar-refractivity contribution in [3.05, 3.63) is 82.9 Å². The summed E-state index contributed by atoms with van der Waals surface area (Å²) in [5.41, 5.74) is 2.94. The van der Waals surface area contributed by atoms with Gasteiger partial charge in [-0.3, -0.25) is 0 Å². The van der Waals surface area contributed by atoms with E-state index in [1.54, 1.807) is 36.4 Å². The van der Waals surface area contributed by atoms with Crippen molar-refractivity contribution in [2.75, 3.05) is 0 Å². The first-order valence-corrected chi connectivity index (χ1v) is 6.93. The second-order valence-electron chi connectivity index (χ2n) is 5.03. The van der Waals surface area contributed by atoms with E-state index in [4.69, 9.17) is 0 Å². The molecule has 0 aliphatic rings. The van der Waals surface area contributed by atoms with Gasteiger partial charge in [0.15, 0.2) is 0 Å². The van der Waals surface area contributed by atoms with Crippen molar-refractivity contribution in [1.29, 1.82) is 0 Å². The van der Waals surface area contributed by atoms with Crippen molar-refractivity contribution in [2.24, 2.45) is 0 Å². The van der Waals surface area contributed by atoms with Crippen molar-refractivity contribution >= 4 is 24.1 Å². The van der Waals surface area contributed by atoms with Gasteiger partial charge in [-0.25, -0.2) is 9.59 Å².